The van der Waals surface area contributed by atoms with Crippen molar-refractivity contribution in [3.63, 3.8) is 0 Å². The maximum Gasteiger partial charge on any atom is 0.253 e. The number of hydrogen-bond acceptors (Lipinski definition) is 5. The topological polar surface area (TPSA) is 70.2 Å². The summed E-state index contributed by atoms with van der Waals surface area (Å²) in [6, 6.07) is 14.7. The molecule has 2 aliphatic heterocycles. The third-order valence-corrected chi connectivity index (χ3v) is 8.62. The Morgan fingerprint density at radius 1 is 0.853 bits per heavy atom. The van der Waals surface area contributed by atoms with Crippen LogP contribution in [0.1, 0.15) is 48.0 Å². The van der Waals surface area contributed by atoms with E-state index in [-0.39, 0.29) is 10.8 Å². The van der Waals surface area contributed by atoms with Crippen LogP contribution in [-0.2, 0) is 16.6 Å². The first-order chi connectivity index (χ1) is 16.5. The molecule has 2 aliphatic rings. The van der Waals surface area contributed by atoms with Gasteiger partial charge < -0.3 is 9.64 Å². The van der Waals surface area contributed by atoms with E-state index >= 15 is 0 Å². The van der Waals surface area contributed by atoms with E-state index < -0.39 is 10.0 Å². The van der Waals surface area contributed by atoms with Gasteiger partial charge in [0.25, 0.3) is 5.91 Å². The quantitative estimate of drug-likeness (QED) is 0.625. The van der Waals surface area contributed by atoms with Gasteiger partial charge in [0.05, 0.1) is 12.0 Å². The van der Waals surface area contributed by atoms with Gasteiger partial charge in [-0.1, -0.05) is 31.0 Å². The standard InChI is InChI=1S/C26H35N3O4S/c1-33-24-12-10-22(11-13-24)21-27-14-7-15-28(19-18-27)26(30)23-8-6-9-25(20-23)34(31,32)29-16-4-2-3-5-17-29/h6,8-13,20H,2-5,7,14-19,21H2,1H3. The van der Waals surface area contributed by atoms with Crippen LogP contribution in [0, 0.1) is 0 Å². The van der Waals surface area contributed by atoms with Crippen molar-refractivity contribution in [1.82, 2.24) is 14.1 Å². The van der Waals surface area contributed by atoms with Gasteiger partial charge in [-0.25, -0.2) is 8.42 Å². The first-order valence-corrected chi connectivity index (χ1v) is 13.7. The normalized spacial score (nSPS) is 18.8. The fourth-order valence-corrected chi connectivity index (χ4v) is 6.29. The lowest BCUT2D eigenvalue weighted by Crippen LogP contribution is -2.35. The third kappa shape index (κ3) is 5.98. The molecule has 8 heteroatoms. The third-order valence-electron chi connectivity index (χ3n) is 6.72. The zero-order valence-electron chi connectivity index (χ0n) is 20.0. The van der Waals surface area contributed by atoms with E-state index in [1.165, 1.54) is 5.56 Å². The SMILES string of the molecule is COc1ccc(CN2CCCN(C(=O)c3cccc(S(=O)(=O)N4CCCCCC4)c3)CC2)cc1. The average molecular weight is 486 g/mol. The van der Waals surface area contributed by atoms with Crippen LogP contribution in [0.2, 0.25) is 0 Å². The Morgan fingerprint density at radius 2 is 1.59 bits per heavy atom. The molecule has 2 fully saturated rings. The summed E-state index contributed by atoms with van der Waals surface area (Å²) in [7, 11) is -1.92. The lowest BCUT2D eigenvalue weighted by Gasteiger charge is -2.23. The van der Waals surface area contributed by atoms with Crippen molar-refractivity contribution < 1.29 is 17.9 Å². The minimum Gasteiger partial charge on any atom is -0.497 e. The first-order valence-electron chi connectivity index (χ1n) is 12.2. The number of carbonyl (C=O) groups is 1. The van der Waals surface area contributed by atoms with E-state index in [0.29, 0.717) is 31.7 Å². The summed E-state index contributed by atoms with van der Waals surface area (Å²) in [5, 5.41) is 0. The molecule has 0 unspecified atom stereocenters. The number of ether oxygens (including phenoxy) is 1. The van der Waals surface area contributed by atoms with Crippen LogP contribution in [0.25, 0.3) is 0 Å². The first kappa shape index (κ1) is 24.7. The van der Waals surface area contributed by atoms with E-state index in [4.69, 9.17) is 4.74 Å². The number of methoxy groups -OCH3 is 1. The molecule has 184 valence electrons. The molecule has 0 bridgehead atoms. The van der Waals surface area contributed by atoms with Crippen LogP contribution in [0.3, 0.4) is 0 Å². The van der Waals surface area contributed by atoms with Crippen molar-refractivity contribution in [1.29, 1.82) is 0 Å². The number of hydrogen-bond donors (Lipinski definition) is 0. The van der Waals surface area contributed by atoms with E-state index in [1.54, 1.807) is 35.7 Å². The van der Waals surface area contributed by atoms with Crippen LogP contribution in [-0.4, -0.2) is 74.8 Å². The van der Waals surface area contributed by atoms with Gasteiger partial charge in [-0.05, 0) is 55.2 Å². The molecule has 2 aromatic rings. The van der Waals surface area contributed by atoms with E-state index in [1.807, 2.05) is 17.0 Å². The zero-order chi connectivity index (χ0) is 24.0. The van der Waals surface area contributed by atoms with Crippen molar-refractivity contribution in [3.05, 3.63) is 59.7 Å². The number of sulfonamides is 1. The molecule has 0 saturated carbocycles. The molecular weight excluding hydrogens is 450 g/mol. The Hall–Kier alpha value is -2.42. The molecule has 2 heterocycles. The van der Waals surface area contributed by atoms with Crippen molar-refractivity contribution in [2.45, 2.75) is 43.5 Å². The molecule has 34 heavy (non-hydrogen) atoms. The van der Waals surface area contributed by atoms with Crippen molar-refractivity contribution in [2.75, 3.05) is 46.4 Å². The Kier molecular flexibility index (Phi) is 8.24. The average Bonchev–Trinajstić information content (AvgIpc) is 3.28. The van der Waals surface area contributed by atoms with Gasteiger partial charge in [-0.15, -0.1) is 0 Å². The smallest absolute Gasteiger partial charge is 0.253 e. The summed E-state index contributed by atoms with van der Waals surface area (Å²) in [5.41, 5.74) is 1.66. The molecule has 2 saturated heterocycles. The zero-order valence-corrected chi connectivity index (χ0v) is 20.8. The highest BCUT2D eigenvalue weighted by Gasteiger charge is 2.27. The highest BCUT2D eigenvalue weighted by molar-refractivity contribution is 7.89. The van der Waals surface area contributed by atoms with Crippen LogP contribution in [0.15, 0.2) is 53.4 Å². The number of carbonyl (C=O) groups excluding carboxylic acids is 1. The second-order valence-corrected chi connectivity index (χ2v) is 11.1. The van der Waals surface area contributed by atoms with Gasteiger partial charge in [0.15, 0.2) is 0 Å². The number of amides is 1. The molecule has 0 N–H and O–H groups in total. The van der Waals surface area contributed by atoms with Crippen LogP contribution in [0.5, 0.6) is 5.75 Å². The molecule has 4 rings (SSSR count). The fraction of sp³-hybridized carbons (Fsp3) is 0.500. The van der Waals surface area contributed by atoms with Crippen molar-refractivity contribution >= 4 is 15.9 Å². The highest BCUT2D eigenvalue weighted by atomic mass is 32.2. The van der Waals surface area contributed by atoms with Gasteiger partial charge in [-0.2, -0.15) is 4.31 Å². The summed E-state index contributed by atoms with van der Waals surface area (Å²) >= 11 is 0. The molecule has 1 amide bonds. The molecular formula is C26H35N3O4S. The van der Waals surface area contributed by atoms with E-state index in [0.717, 1.165) is 57.5 Å². The molecule has 0 radical (unpaired) electrons. The molecule has 0 aliphatic carbocycles. The summed E-state index contributed by atoms with van der Waals surface area (Å²) < 4.78 is 33.2. The Labute approximate surface area is 203 Å². The molecule has 7 nitrogen and oxygen atoms in total. The molecule has 2 aromatic carbocycles. The van der Waals surface area contributed by atoms with Gasteiger partial charge in [0.1, 0.15) is 5.75 Å². The maximum atomic E-state index is 13.3. The van der Waals surface area contributed by atoms with Gasteiger partial charge >= 0.3 is 0 Å². The minimum absolute atomic E-state index is 0.0980. The van der Waals surface area contributed by atoms with Crippen LogP contribution in [0.4, 0.5) is 0 Å². The summed E-state index contributed by atoms with van der Waals surface area (Å²) in [6.45, 7) is 4.92. The van der Waals surface area contributed by atoms with E-state index in [9.17, 15) is 13.2 Å². The fourth-order valence-electron chi connectivity index (χ4n) is 4.72. The van der Waals surface area contributed by atoms with E-state index in [2.05, 4.69) is 17.0 Å². The number of rotatable bonds is 6. The lowest BCUT2D eigenvalue weighted by atomic mass is 10.2. The van der Waals surface area contributed by atoms with Crippen molar-refractivity contribution in [2.24, 2.45) is 0 Å². The summed E-state index contributed by atoms with van der Waals surface area (Å²) in [4.78, 5) is 17.7. The maximum absolute atomic E-state index is 13.3. The number of nitrogens with zero attached hydrogens (tertiary/aromatic N) is 3. The second kappa shape index (κ2) is 11.3. The van der Waals surface area contributed by atoms with Crippen LogP contribution >= 0.6 is 0 Å². The predicted molar refractivity (Wildman–Crippen MR) is 132 cm³/mol. The Balaban J connectivity index is 1.40. The predicted octanol–water partition coefficient (Wildman–Crippen LogP) is 3.61. The van der Waals surface area contributed by atoms with Gasteiger partial charge in [-0.3, -0.25) is 9.69 Å². The summed E-state index contributed by atoms with van der Waals surface area (Å²) in [6.07, 6.45) is 4.79. The van der Waals surface area contributed by atoms with Crippen molar-refractivity contribution in [3.8, 4) is 5.75 Å². The second-order valence-electron chi connectivity index (χ2n) is 9.12. The largest absolute Gasteiger partial charge is 0.497 e. The summed E-state index contributed by atoms with van der Waals surface area (Å²) in [5.74, 6) is 0.746. The monoisotopic (exact) mass is 485 g/mol. The van der Waals surface area contributed by atoms with Crippen LogP contribution < -0.4 is 4.74 Å². The molecule has 0 atom stereocenters. The van der Waals surface area contributed by atoms with Gasteiger partial charge in [0, 0.05) is 51.4 Å². The Morgan fingerprint density at radius 3 is 2.29 bits per heavy atom. The lowest BCUT2D eigenvalue weighted by molar-refractivity contribution is 0.0761. The molecule has 0 spiro atoms. The number of benzene rings is 2. The van der Waals surface area contributed by atoms with Gasteiger partial charge in [0.2, 0.25) is 10.0 Å². The molecule has 0 aromatic heterocycles. The minimum atomic E-state index is -3.58. The Bertz CT molecular complexity index is 1060. The highest BCUT2D eigenvalue weighted by Crippen LogP contribution is 2.22.